The Kier molecular flexibility index (Phi) is 5.15. The van der Waals surface area contributed by atoms with Gasteiger partial charge in [0.15, 0.2) is 0 Å². The fourth-order valence-corrected chi connectivity index (χ4v) is 3.43. The molecule has 26 heavy (non-hydrogen) atoms. The number of imidazole rings is 1. The van der Waals surface area contributed by atoms with Crippen molar-refractivity contribution in [3.05, 3.63) is 83.9 Å². The van der Waals surface area contributed by atoms with E-state index in [2.05, 4.69) is 9.71 Å². The highest BCUT2D eigenvalue weighted by molar-refractivity contribution is 7.89. The van der Waals surface area contributed by atoms with Gasteiger partial charge in [-0.15, -0.1) is 0 Å². The summed E-state index contributed by atoms with van der Waals surface area (Å²) in [6, 6.07) is 13.2. The largest absolute Gasteiger partial charge is 0.366 e. The molecule has 1 heterocycles. The smallest absolute Gasteiger partial charge is 0.248 e. The lowest BCUT2D eigenvalue weighted by Gasteiger charge is -2.08. The molecule has 0 fully saturated rings. The molecule has 0 atom stereocenters. The van der Waals surface area contributed by atoms with E-state index in [1.54, 1.807) is 12.5 Å². The van der Waals surface area contributed by atoms with E-state index in [0.717, 1.165) is 11.1 Å². The third-order valence-corrected chi connectivity index (χ3v) is 5.28. The summed E-state index contributed by atoms with van der Waals surface area (Å²) in [4.78, 5) is 15.1. The summed E-state index contributed by atoms with van der Waals surface area (Å²) in [5.74, 6) is -0.599. The second-order valence-corrected chi connectivity index (χ2v) is 7.53. The molecule has 0 bridgehead atoms. The van der Waals surface area contributed by atoms with Gasteiger partial charge < -0.3 is 10.3 Å². The van der Waals surface area contributed by atoms with Crippen molar-refractivity contribution in [2.75, 3.05) is 0 Å². The van der Waals surface area contributed by atoms with E-state index in [9.17, 15) is 13.2 Å². The van der Waals surface area contributed by atoms with Crippen LogP contribution < -0.4 is 10.5 Å². The van der Waals surface area contributed by atoms with Crippen LogP contribution in [-0.4, -0.2) is 23.9 Å². The van der Waals surface area contributed by atoms with Crippen LogP contribution in [0.25, 0.3) is 0 Å². The predicted octanol–water partition coefficient (Wildman–Crippen LogP) is 1.51. The van der Waals surface area contributed by atoms with Crippen molar-refractivity contribution in [1.29, 1.82) is 0 Å². The number of hydrogen-bond donors (Lipinski definition) is 2. The highest BCUT2D eigenvalue weighted by Gasteiger charge is 2.14. The van der Waals surface area contributed by atoms with Crippen LogP contribution >= 0.6 is 0 Å². The van der Waals surface area contributed by atoms with Gasteiger partial charge in [0.2, 0.25) is 15.9 Å². The maximum atomic E-state index is 12.3. The van der Waals surface area contributed by atoms with Gasteiger partial charge in [0, 0.05) is 31.0 Å². The van der Waals surface area contributed by atoms with Crippen LogP contribution in [0.5, 0.6) is 0 Å². The quantitative estimate of drug-likeness (QED) is 0.657. The first-order valence-electron chi connectivity index (χ1n) is 7.87. The maximum absolute atomic E-state index is 12.3. The maximum Gasteiger partial charge on any atom is 0.248 e. The van der Waals surface area contributed by atoms with Gasteiger partial charge in [0.05, 0.1) is 11.2 Å². The van der Waals surface area contributed by atoms with Crippen LogP contribution in [0, 0.1) is 0 Å². The Morgan fingerprint density at radius 3 is 2.27 bits per heavy atom. The molecule has 0 spiro atoms. The lowest BCUT2D eigenvalue weighted by Crippen LogP contribution is -2.23. The van der Waals surface area contributed by atoms with Gasteiger partial charge in [-0.3, -0.25) is 4.79 Å². The van der Waals surface area contributed by atoms with Crippen molar-refractivity contribution in [3.63, 3.8) is 0 Å². The molecule has 3 N–H and O–H groups in total. The Labute approximate surface area is 151 Å². The van der Waals surface area contributed by atoms with E-state index in [1.165, 1.54) is 24.3 Å². The Morgan fingerprint density at radius 2 is 1.69 bits per heavy atom. The number of primary amides is 1. The van der Waals surface area contributed by atoms with Gasteiger partial charge >= 0.3 is 0 Å². The number of rotatable bonds is 7. The second-order valence-electron chi connectivity index (χ2n) is 5.76. The van der Waals surface area contributed by atoms with E-state index < -0.39 is 15.9 Å². The Morgan fingerprint density at radius 1 is 1.04 bits per heavy atom. The third-order valence-electron chi connectivity index (χ3n) is 3.86. The van der Waals surface area contributed by atoms with Gasteiger partial charge in [-0.05, 0) is 35.4 Å². The molecule has 0 radical (unpaired) electrons. The zero-order valence-electron chi connectivity index (χ0n) is 13.9. The van der Waals surface area contributed by atoms with E-state index >= 15 is 0 Å². The van der Waals surface area contributed by atoms with E-state index in [-0.39, 0.29) is 17.0 Å². The molecular formula is C18H18N4O3S. The highest BCUT2D eigenvalue weighted by Crippen LogP contribution is 2.12. The molecule has 2 aromatic carbocycles. The molecule has 3 aromatic rings. The average Bonchev–Trinajstić information content (AvgIpc) is 3.14. The molecule has 0 saturated carbocycles. The Bertz CT molecular complexity index is 980. The molecular weight excluding hydrogens is 352 g/mol. The third kappa shape index (κ3) is 4.35. The van der Waals surface area contributed by atoms with Crippen molar-refractivity contribution in [3.8, 4) is 0 Å². The number of carbonyl (C=O) groups is 1. The molecule has 3 rings (SSSR count). The van der Waals surface area contributed by atoms with Gasteiger partial charge in [-0.1, -0.05) is 24.3 Å². The normalized spacial score (nSPS) is 11.4. The Balaban J connectivity index is 1.63. The first-order chi connectivity index (χ1) is 12.4. The molecule has 134 valence electrons. The Hall–Kier alpha value is -2.97. The summed E-state index contributed by atoms with van der Waals surface area (Å²) in [6.45, 7) is 0.878. The molecule has 0 aliphatic heterocycles. The number of nitrogens with zero attached hydrogens (tertiary/aromatic N) is 2. The number of carbonyl (C=O) groups excluding carboxylic acids is 1. The minimum absolute atomic E-state index is 0.0826. The molecule has 0 aliphatic carbocycles. The van der Waals surface area contributed by atoms with Crippen LogP contribution in [0.15, 0.2) is 72.1 Å². The molecule has 1 aromatic heterocycles. The molecule has 8 heteroatoms. The summed E-state index contributed by atoms with van der Waals surface area (Å²) in [5, 5.41) is 0. The number of benzene rings is 2. The van der Waals surface area contributed by atoms with Crippen molar-refractivity contribution in [2.45, 2.75) is 18.0 Å². The van der Waals surface area contributed by atoms with Crippen molar-refractivity contribution in [2.24, 2.45) is 5.73 Å². The molecule has 0 saturated heterocycles. The van der Waals surface area contributed by atoms with E-state index in [4.69, 9.17) is 5.73 Å². The van der Waals surface area contributed by atoms with Gasteiger partial charge in [0.1, 0.15) is 0 Å². The van der Waals surface area contributed by atoms with Gasteiger partial charge in [-0.2, -0.15) is 0 Å². The molecule has 0 aliphatic rings. The van der Waals surface area contributed by atoms with Crippen LogP contribution in [0.3, 0.4) is 0 Å². The van der Waals surface area contributed by atoms with Crippen molar-refractivity contribution in [1.82, 2.24) is 14.3 Å². The summed E-state index contributed by atoms with van der Waals surface area (Å²) in [7, 11) is -3.67. The number of nitrogens with two attached hydrogens (primary N) is 1. The molecule has 7 nitrogen and oxygen atoms in total. The van der Waals surface area contributed by atoms with Crippen molar-refractivity contribution >= 4 is 15.9 Å². The lowest BCUT2D eigenvalue weighted by atomic mass is 10.1. The monoisotopic (exact) mass is 370 g/mol. The lowest BCUT2D eigenvalue weighted by molar-refractivity contribution is 0.1000. The zero-order valence-corrected chi connectivity index (χ0v) is 14.7. The average molecular weight is 370 g/mol. The first kappa shape index (κ1) is 17.8. The standard InChI is InChI=1S/C18H18N4O3S/c19-18(23)16-5-7-17(8-6-16)26(24,25)21-11-14-1-3-15(4-2-14)12-22-10-9-20-13-22/h1-10,13,21H,11-12H2,(H2,19,23). The van der Waals surface area contributed by atoms with Crippen LogP contribution in [0.2, 0.25) is 0 Å². The van der Waals surface area contributed by atoms with Crippen molar-refractivity contribution < 1.29 is 13.2 Å². The number of aromatic nitrogens is 2. The van der Waals surface area contributed by atoms with Crippen LogP contribution in [0.1, 0.15) is 21.5 Å². The first-order valence-corrected chi connectivity index (χ1v) is 9.35. The highest BCUT2D eigenvalue weighted by atomic mass is 32.2. The fraction of sp³-hybridized carbons (Fsp3) is 0.111. The number of amides is 1. The summed E-state index contributed by atoms with van der Waals surface area (Å²) >= 11 is 0. The number of nitrogens with one attached hydrogen (secondary N) is 1. The fourth-order valence-electron chi connectivity index (χ4n) is 2.41. The van der Waals surface area contributed by atoms with Crippen LogP contribution in [0.4, 0.5) is 0 Å². The minimum atomic E-state index is -3.67. The summed E-state index contributed by atoms with van der Waals surface area (Å²) in [6.07, 6.45) is 5.34. The minimum Gasteiger partial charge on any atom is -0.366 e. The van der Waals surface area contributed by atoms with Gasteiger partial charge in [-0.25, -0.2) is 18.1 Å². The second kappa shape index (κ2) is 7.51. The molecule has 1 amide bonds. The predicted molar refractivity (Wildman–Crippen MR) is 96.8 cm³/mol. The van der Waals surface area contributed by atoms with E-state index in [1.807, 2.05) is 35.0 Å². The summed E-state index contributed by atoms with van der Waals surface area (Å²) < 4.78 is 29.2. The van der Waals surface area contributed by atoms with Crippen LogP contribution in [-0.2, 0) is 23.1 Å². The number of sulfonamides is 1. The zero-order chi connectivity index (χ0) is 18.6. The molecule has 0 unspecified atom stereocenters. The summed E-state index contributed by atoms with van der Waals surface area (Å²) in [5.41, 5.74) is 7.35. The number of hydrogen-bond acceptors (Lipinski definition) is 4. The SMILES string of the molecule is NC(=O)c1ccc(S(=O)(=O)NCc2ccc(Cn3ccnc3)cc2)cc1. The topological polar surface area (TPSA) is 107 Å². The van der Waals surface area contributed by atoms with E-state index in [0.29, 0.717) is 6.54 Å². The van der Waals surface area contributed by atoms with Gasteiger partial charge in [0.25, 0.3) is 0 Å².